The minimum absolute atomic E-state index is 0.446. The Kier molecular flexibility index (Phi) is 5.41. The molecule has 0 saturated carbocycles. The fourth-order valence-electron chi connectivity index (χ4n) is 2.78. The van der Waals surface area contributed by atoms with E-state index in [9.17, 15) is 0 Å². The highest BCUT2D eigenvalue weighted by atomic mass is 35.5. The lowest BCUT2D eigenvalue weighted by Gasteiger charge is -2.20. The van der Waals surface area contributed by atoms with Crippen molar-refractivity contribution in [2.45, 2.75) is 64.8 Å². The number of hydrogen-bond acceptors (Lipinski definition) is 2. The minimum Gasteiger partial charge on any atom is -0.309 e. The summed E-state index contributed by atoms with van der Waals surface area (Å²) in [5.41, 5.74) is 3.10. The van der Waals surface area contributed by atoms with Gasteiger partial charge in [0.05, 0.1) is 5.88 Å². The van der Waals surface area contributed by atoms with E-state index in [0.29, 0.717) is 11.9 Å². The van der Waals surface area contributed by atoms with Crippen molar-refractivity contribution in [2.75, 3.05) is 0 Å². The number of halogens is 1. The maximum atomic E-state index is 6.11. The van der Waals surface area contributed by atoms with Gasteiger partial charge in [0.15, 0.2) is 5.65 Å². The smallest absolute Gasteiger partial charge is 0.160 e. The molecular weight excluding hydrogens is 270 g/mol. The summed E-state index contributed by atoms with van der Waals surface area (Å²) in [6, 6.07) is 2.56. The van der Waals surface area contributed by atoms with Gasteiger partial charge < -0.3 is 4.57 Å². The lowest BCUT2D eigenvalue weighted by molar-refractivity contribution is 0.416. The van der Waals surface area contributed by atoms with Crippen LogP contribution in [0, 0.1) is 6.92 Å². The second kappa shape index (κ2) is 7.07. The Morgan fingerprint density at radius 3 is 2.70 bits per heavy atom. The van der Waals surface area contributed by atoms with Crippen LogP contribution < -0.4 is 0 Å². The molecule has 0 aliphatic rings. The fraction of sp³-hybridized carbons (Fsp3) is 0.625. The molecule has 0 fully saturated rings. The first-order valence-corrected chi connectivity index (χ1v) is 8.14. The highest BCUT2D eigenvalue weighted by molar-refractivity contribution is 6.16. The second-order valence-corrected chi connectivity index (χ2v) is 5.74. The molecule has 0 aromatic carbocycles. The zero-order chi connectivity index (χ0) is 14.5. The molecule has 2 aromatic rings. The number of imidazole rings is 1. The van der Waals surface area contributed by atoms with Gasteiger partial charge in [0, 0.05) is 12.2 Å². The molecule has 110 valence electrons. The summed E-state index contributed by atoms with van der Waals surface area (Å²) in [6.07, 6.45) is 7.87. The van der Waals surface area contributed by atoms with E-state index in [2.05, 4.69) is 34.4 Å². The highest BCUT2D eigenvalue weighted by Gasteiger charge is 2.18. The van der Waals surface area contributed by atoms with E-state index in [1.807, 2.05) is 13.1 Å². The Morgan fingerprint density at radius 2 is 2.05 bits per heavy atom. The maximum Gasteiger partial charge on any atom is 0.160 e. The second-order valence-electron chi connectivity index (χ2n) is 5.47. The largest absolute Gasteiger partial charge is 0.309 e. The quantitative estimate of drug-likeness (QED) is 0.672. The van der Waals surface area contributed by atoms with Crippen LogP contribution in [0.15, 0.2) is 12.3 Å². The van der Waals surface area contributed by atoms with Crippen LogP contribution in [0.1, 0.15) is 63.4 Å². The standard InChI is InChI=1S/C16H24ClN3/c1-4-6-8-13(7-5-2)20-15(10-17)19-14-9-12(3)11-18-16(14)20/h9,11,13H,4-8,10H2,1-3H3. The number of nitrogens with zero attached hydrogens (tertiary/aromatic N) is 3. The molecule has 2 rings (SSSR count). The lowest BCUT2D eigenvalue weighted by Crippen LogP contribution is -2.12. The molecule has 3 nitrogen and oxygen atoms in total. The van der Waals surface area contributed by atoms with Gasteiger partial charge in [0.25, 0.3) is 0 Å². The summed E-state index contributed by atoms with van der Waals surface area (Å²) in [5, 5.41) is 0. The van der Waals surface area contributed by atoms with Gasteiger partial charge >= 0.3 is 0 Å². The molecule has 0 spiro atoms. The van der Waals surface area contributed by atoms with Gasteiger partial charge in [-0.2, -0.15) is 0 Å². The number of rotatable bonds is 7. The number of unbranched alkanes of at least 4 members (excludes halogenated alkanes) is 1. The third-order valence-corrected chi connectivity index (χ3v) is 3.98. The summed E-state index contributed by atoms with van der Waals surface area (Å²) in [4.78, 5) is 9.27. The van der Waals surface area contributed by atoms with Gasteiger partial charge in [-0.25, -0.2) is 9.97 Å². The first kappa shape index (κ1) is 15.3. The molecule has 2 heterocycles. The summed E-state index contributed by atoms with van der Waals surface area (Å²) in [5.74, 6) is 1.40. The molecule has 4 heteroatoms. The normalized spacial score (nSPS) is 13.0. The van der Waals surface area contributed by atoms with Crippen molar-refractivity contribution < 1.29 is 0 Å². The van der Waals surface area contributed by atoms with Crippen LogP contribution in [0.25, 0.3) is 11.2 Å². The van der Waals surface area contributed by atoms with E-state index < -0.39 is 0 Å². The van der Waals surface area contributed by atoms with Gasteiger partial charge in [0.2, 0.25) is 0 Å². The van der Waals surface area contributed by atoms with Crippen LogP contribution in [-0.4, -0.2) is 14.5 Å². The van der Waals surface area contributed by atoms with Crippen LogP contribution in [0.3, 0.4) is 0 Å². The summed E-state index contributed by atoms with van der Waals surface area (Å²) >= 11 is 6.11. The third kappa shape index (κ3) is 3.14. The Balaban J connectivity index is 2.47. The molecule has 0 N–H and O–H groups in total. The number of hydrogen-bond donors (Lipinski definition) is 0. The average molecular weight is 294 g/mol. The molecule has 2 aromatic heterocycles. The van der Waals surface area contributed by atoms with Crippen LogP contribution in [0.5, 0.6) is 0 Å². The average Bonchev–Trinajstić information content (AvgIpc) is 2.80. The van der Waals surface area contributed by atoms with Crippen molar-refractivity contribution in [3.63, 3.8) is 0 Å². The third-order valence-electron chi connectivity index (χ3n) is 3.74. The lowest BCUT2D eigenvalue weighted by atomic mass is 10.0. The Hall–Kier alpha value is -1.09. The molecule has 1 atom stereocenters. The molecule has 0 radical (unpaired) electrons. The van der Waals surface area contributed by atoms with E-state index in [-0.39, 0.29) is 0 Å². The minimum atomic E-state index is 0.446. The van der Waals surface area contributed by atoms with Gasteiger partial charge in [0.1, 0.15) is 11.3 Å². The molecule has 0 amide bonds. The monoisotopic (exact) mass is 293 g/mol. The van der Waals surface area contributed by atoms with Crippen molar-refractivity contribution in [1.82, 2.24) is 14.5 Å². The van der Waals surface area contributed by atoms with Crippen molar-refractivity contribution in [3.8, 4) is 0 Å². The number of pyridine rings is 1. The maximum absolute atomic E-state index is 6.11. The predicted molar refractivity (Wildman–Crippen MR) is 85.3 cm³/mol. The van der Waals surface area contributed by atoms with Crippen LogP contribution >= 0.6 is 11.6 Å². The van der Waals surface area contributed by atoms with Crippen molar-refractivity contribution in [2.24, 2.45) is 0 Å². The van der Waals surface area contributed by atoms with Crippen LogP contribution in [-0.2, 0) is 5.88 Å². The molecule has 0 aliphatic carbocycles. The fourth-order valence-corrected chi connectivity index (χ4v) is 2.97. The van der Waals surface area contributed by atoms with E-state index >= 15 is 0 Å². The molecule has 20 heavy (non-hydrogen) atoms. The molecule has 1 unspecified atom stereocenters. The van der Waals surface area contributed by atoms with E-state index in [4.69, 9.17) is 11.6 Å². The summed E-state index contributed by atoms with van der Waals surface area (Å²) in [7, 11) is 0. The van der Waals surface area contributed by atoms with Gasteiger partial charge in [-0.15, -0.1) is 11.6 Å². The van der Waals surface area contributed by atoms with E-state index in [0.717, 1.165) is 29.0 Å². The van der Waals surface area contributed by atoms with Gasteiger partial charge in [-0.05, 0) is 31.4 Å². The van der Waals surface area contributed by atoms with Crippen LogP contribution in [0.2, 0.25) is 0 Å². The number of aromatic nitrogens is 3. The zero-order valence-corrected chi connectivity index (χ0v) is 13.5. The summed E-state index contributed by atoms with van der Waals surface area (Å²) in [6.45, 7) is 6.52. The van der Waals surface area contributed by atoms with E-state index in [1.54, 1.807) is 0 Å². The van der Waals surface area contributed by atoms with Crippen molar-refractivity contribution >= 4 is 22.8 Å². The highest BCUT2D eigenvalue weighted by Crippen LogP contribution is 2.28. The van der Waals surface area contributed by atoms with E-state index in [1.165, 1.54) is 25.7 Å². The van der Waals surface area contributed by atoms with Crippen molar-refractivity contribution in [3.05, 3.63) is 23.7 Å². The molecule has 0 bridgehead atoms. The van der Waals surface area contributed by atoms with Gasteiger partial charge in [-0.1, -0.05) is 33.1 Å². The first-order chi connectivity index (χ1) is 9.71. The molecular formula is C16H24ClN3. The SMILES string of the molecule is CCCCC(CCC)n1c(CCl)nc2cc(C)cnc21. The number of aryl methyl sites for hydroxylation is 1. The zero-order valence-electron chi connectivity index (χ0n) is 12.7. The Labute approximate surface area is 126 Å². The number of alkyl halides is 1. The molecule has 0 aliphatic heterocycles. The topological polar surface area (TPSA) is 30.7 Å². The van der Waals surface area contributed by atoms with Crippen LogP contribution in [0.4, 0.5) is 0 Å². The predicted octanol–water partition coefficient (Wildman–Crippen LogP) is 5.01. The Morgan fingerprint density at radius 1 is 1.25 bits per heavy atom. The van der Waals surface area contributed by atoms with Crippen molar-refractivity contribution in [1.29, 1.82) is 0 Å². The Bertz CT molecular complexity index is 562. The molecule has 0 saturated heterocycles. The number of fused-ring (bicyclic) bond motifs is 1. The van der Waals surface area contributed by atoms with Gasteiger partial charge in [-0.3, -0.25) is 0 Å². The summed E-state index contributed by atoms with van der Waals surface area (Å²) < 4.78 is 2.28. The first-order valence-electron chi connectivity index (χ1n) is 7.60.